The molecule has 0 bridgehead atoms. The van der Waals surface area contributed by atoms with Crippen LogP contribution in [0.15, 0.2) is 54.6 Å². The molecule has 1 aliphatic heterocycles. The number of carbonyl (C=O) groups is 2. The van der Waals surface area contributed by atoms with Crippen molar-refractivity contribution in [3.05, 3.63) is 65.7 Å². The van der Waals surface area contributed by atoms with Crippen molar-refractivity contribution in [2.75, 3.05) is 32.8 Å². The van der Waals surface area contributed by atoms with Crippen molar-refractivity contribution in [3.63, 3.8) is 0 Å². The van der Waals surface area contributed by atoms with Crippen molar-refractivity contribution >= 4 is 11.8 Å². The van der Waals surface area contributed by atoms with Gasteiger partial charge >= 0.3 is 0 Å². The minimum absolute atomic E-state index is 0.0178. The summed E-state index contributed by atoms with van der Waals surface area (Å²) in [7, 11) is 0. The van der Waals surface area contributed by atoms with Gasteiger partial charge in [0.05, 0.1) is 0 Å². The molecule has 0 aromatic heterocycles. The van der Waals surface area contributed by atoms with E-state index >= 15 is 0 Å². The predicted octanol–water partition coefficient (Wildman–Crippen LogP) is 3.17. The molecule has 27 heavy (non-hydrogen) atoms. The standard InChI is InChI=1S/C22H26N2O3/c1-17(2)18-8-10-20(11-9-18)27-16-21(25)23-12-14-24(15-13-23)22(26)19-6-4-3-5-7-19/h3-11,17H,12-16H2,1-2H3. The van der Waals surface area contributed by atoms with E-state index in [4.69, 9.17) is 4.74 Å². The van der Waals surface area contributed by atoms with Crippen molar-refractivity contribution in [1.82, 2.24) is 9.80 Å². The average Bonchev–Trinajstić information content (AvgIpc) is 2.72. The molecule has 142 valence electrons. The number of ether oxygens (including phenoxy) is 1. The maximum atomic E-state index is 12.5. The number of nitrogens with zero attached hydrogens (tertiary/aromatic N) is 2. The molecule has 0 aliphatic carbocycles. The lowest BCUT2D eigenvalue weighted by atomic mass is 10.0. The van der Waals surface area contributed by atoms with Crippen LogP contribution in [0.2, 0.25) is 0 Å². The van der Waals surface area contributed by atoms with Gasteiger partial charge in [0.25, 0.3) is 11.8 Å². The van der Waals surface area contributed by atoms with Crippen molar-refractivity contribution in [2.45, 2.75) is 19.8 Å². The molecule has 0 spiro atoms. The SMILES string of the molecule is CC(C)c1ccc(OCC(=O)N2CCN(C(=O)c3ccccc3)CC2)cc1. The second-order valence-corrected chi connectivity index (χ2v) is 7.05. The van der Waals surface area contributed by atoms with E-state index in [0.717, 1.165) is 0 Å². The number of amides is 2. The summed E-state index contributed by atoms with van der Waals surface area (Å²) in [6.45, 7) is 6.46. The second kappa shape index (κ2) is 8.71. The smallest absolute Gasteiger partial charge is 0.260 e. The summed E-state index contributed by atoms with van der Waals surface area (Å²) in [6.07, 6.45) is 0. The monoisotopic (exact) mass is 366 g/mol. The number of rotatable bonds is 5. The number of hydrogen-bond donors (Lipinski definition) is 0. The molecular weight excluding hydrogens is 340 g/mol. The Morgan fingerprint density at radius 2 is 1.48 bits per heavy atom. The summed E-state index contributed by atoms with van der Waals surface area (Å²) in [5, 5.41) is 0. The van der Waals surface area contributed by atoms with Gasteiger partial charge in [-0.1, -0.05) is 44.2 Å². The Hall–Kier alpha value is -2.82. The number of benzene rings is 2. The topological polar surface area (TPSA) is 49.9 Å². The zero-order valence-corrected chi connectivity index (χ0v) is 15.9. The predicted molar refractivity (Wildman–Crippen MR) is 105 cm³/mol. The molecule has 5 nitrogen and oxygen atoms in total. The zero-order chi connectivity index (χ0) is 19.2. The fraction of sp³-hybridized carbons (Fsp3) is 0.364. The summed E-state index contributed by atoms with van der Waals surface area (Å²) in [5.41, 5.74) is 1.93. The molecule has 2 aromatic rings. The molecule has 5 heteroatoms. The lowest BCUT2D eigenvalue weighted by molar-refractivity contribution is -0.134. The van der Waals surface area contributed by atoms with Gasteiger partial charge in [-0.25, -0.2) is 0 Å². The Kier molecular flexibility index (Phi) is 6.12. The van der Waals surface area contributed by atoms with Crippen LogP contribution in [0.1, 0.15) is 35.7 Å². The summed E-state index contributed by atoms with van der Waals surface area (Å²) < 4.78 is 5.63. The summed E-state index contributed by atoms with van der Waals surface area (Å²) >= 11 is 0. The van der Waals surface area contributed by atoms with Crippen LogP contribution in [0.3, 0.4) is 0 Å². The van der Waals surface area contributed by atoms with E-state index in [2.05, 4.69) is 13.8 Å². The normalized spacial score (nSPS) is 14.3. The van der Waals surface area contributed by atoms with Gasteiger partial charge in [-0.2, -0.15) is 0 Å². The fourth-order valence-electron chi connectivity index (χ4n) is 3.11. The van der Waals surface area contributed by atoms with Crippen LogP contribution in [0, 0.1) is 0 Å². The average molecular weight is 366 g/mol. The third-order valence-corrected chi connectivity index (χ3v) is 4.85. The van der Waals surface area contributed by atoms with Crippen LogP contribution >= 0.6 is 0 Å². The van der Waals surface area contributed by atoms with Gasteiger partial charge in [0.2, 0.25) is 0 Å². The van der Waals surface area contributed by atoms with Crippen LogP contribution in [0.25, 0.3) is 0 Å². The van der Waals surface area contributed by atoms with E-state index in [-0.39, 0.29) is 18.4 Å². The third-order valence-electron chi connectivity index (χ3n) is 4.85. The first-order chi connectivity index (χ1) is 13.0. The molecule has 0 N–H and O–H groups in total. The highest BCUT2D eigenvalue weighted by atomic mass is 16.5. The number of carbonyl (C=O) groups excluding carboxylic acids is 2. The highest BCUT2D eigenvalue weighted by molar-refractivity contribution is 5.94. The second-order valence-electron chi connectivity index (χ2n) is 7.05. The Labute approximate surface area is 160 Å². The van der Waals surface area contributed by atoms with E-state index in [1.807, 2.05) is 54.6 Å². The molecule has 1 fully saturated rings. The first-order valence-electron chi connectivity index (χ1n) is 9.39. The van der Waals surface area contributed by atoms with Crippen molar-refractivity contribution in [3.8, 4) is 5.75 Å². The van der Waals surface area contributed by atoms with Gasteiger partial charge in [0.15, 0.2) is 6.61 Å². The van der Waals surface area contributed by atoms with Crippen LogP contribution in [-0.4, -0.2) is 54.4 Å². The molecule has 2 aromatic carbocycles. The maximum Gasteiger partial charge on any atom is 0.260 e. The molecule has 0 atom stereocenters. The molecule has 0 radical (unpaired) electrons. The van der Waals surface area contributed by atoms with Crippen LogP contribution in [-0.2, 0) is 4.79 Å². The number of hydrogen-bond acceptors (Lipinski definition) is 3. The number of piperazine rings is 1. The summed E-state index contributed by atoms with van der Waals surface area (Å²) in [4.78, 5) is 28.4. The summed E-state index contributed by atoms with van der Waals surface area (Å²) in [6, 6.07) is 17.1. The van der Waals surface area contributed by atoms with Crippen molar-refractivity contribution in [2.24, 2.45) is 0 Å². The molecule has 3 rings (SSSR count). The maximum absolute atomic E-state index is 12.5. The molecule has 1 aliphatic rings. The summed E-state index contributed by atoms with van der Waals surface area (Å²) in [5.74, 6) is 1.14. The molecule has 0 saturated carbocycles. The van der Waals surface area contributed by atoms with Gasteiger partial charge in [-0.05, 0) is 35.7 Å². The van der Waals surface area contributed by atoms with E-state index in [9.17, 15) is 9.59 Å². The van der Waals surface area contributed by atoms with E-state index in [1.165, 1.54) is 5.56 Å². The lowest BCUT2D eigenvalue weighted by Gasteiger charge is -2.34. The van der Waals surface area contributed by atoms with Gasteiger partial charge in [0.1, 0.15) is 5.75 Å². The molecular formula is C22H26N2O3. The highest BCUT2D eigenvalue weighted by Gasteiger charge is 2.24. The quantitative estimate of drug-likeness (QED) is 0.817. The van der Waals surface area contributed by atoms with Gasteiger partial charge in [0, 0.05) is 31.7 Å². The van der Waals surface area contributed by atoms with E-state index in [1.54, 1.807) is 9.80 Å². The minimum Gasteiger partial charge on any atom is -0.484 e. The fourth-order valence-corrected chi connectivity index (χ4v) is 3.11. The Morgan fingerprint density at radius 3 is 2.07 bits per heavy atom. The lowest BCUT2D eigenvalue weighted by Crippen LogP contribution is -2.51. The van der Waals surface area contributed by atoms with Crippen LogP contribution in [0.5, 0.6) is 5.75 Å². The third kappa shape index (κ3) is 4.88. The van der Waals surface area contributed by atoms with Crippen LogP contribution < -0.4 is 4.74 Å². The van der Waals surface area contributed by atoms with Gasteiger partial charge < -0.3 is 14.5 Å². The zero-order valence-electron chi connectivity index (χ0n) is 15.9. The van der Waals surface area contributed by atoms with E-state index < -0.39 is 0 Å². The van der Waals surface area contributed by atoms with Crippen LogP contribution in [0.4, 0.5) is 0 Å². The molecule has 1 saturated heterocycles. The van der Waals surface area contributed by atoms with Gasteiger partial charge in [-0.15, -0.1) is 0 Å². The first kappa shape index (κ1) is 19.0. The Bertz CT molecular complexity index is 764. The van der Waals surface area contributed by atoms with Crippen molar-refractivity contribution in [1.29, 1.82) is 0 Å². The van der Waals surface area contributed by atoms with Gasteiger partial charge in [-0.3, -0.25) is 9.59 Å². The molecule has 1 heterocycles. The molecule has 2 amide bonds. The highest BCUT2D eigenvalue weighted by Crippen LogP contribution is 2.18. The Morgan fingerprint density at radius 1 is 0.889 bits per heavy atom. The Balaban J connectivity index is 1.46. The minimum atomic E-state index is -0.0465. The van der Waals surface area contributed by atoms with Crippen molar-refractivity contribution < 1.29 is 14.3 Å². The largest absolute Gasteiger partial charge is 0.484 e. The molecule has 0 unspecified atom stereocenters. The first-order valence-corrected chi connectivity index (χ1v) is 9.39. The van der Waals surface area contributed by atoms with E-state index in [0.29, 0.717) is 43.4 Å².